The molecule has 14 heavy (non-hydrogen) atoms. The van der Waals surface area contributed by atoms with Crippen LogP contribution < -0.4 is 17.2 Å². The van der Waals surface area contributed by atoms with Crippen LogP contribution in [0.1, 0.15) is 25.1 Å². The van der Waals surface area contributed by atoms with Crippen LogP contribution in [-0.2, 0) is 5.41 Å². The molecule has 6 heteroatoms. The smallest absolute Gasteiger partial charge is 0.225 e. The van der Waals surface area contributed by atoms with Crippen molar-refractivity contribution in [3.8, 4) is 0 Å². The van der Waals surface area contributed by atoms with Gasteiger partial charge in [-0.15, -0.1) is 0 Å². The summed E-state index contributed by atoms with van der Waals surface area (Å²) in [6.45, 7) is 0.538. The highest BCUT2D eigenvalue weighted by atomic mass is 15.1. The highest BCUT2D eigenvalue weighted by Gasteiger charge is 2.40. The van der Waals surface area contributed by atoms with Crippen molar-refractivity contribution in [2.75, 3.05) is 18.0 Å². The fourth-order valence-electron chi connectivity index (χ4n) is 1.77. The maximum Gasteiger partial charge on any atom is 0.225 e. The zero-order chi connectivity index (χ0) is 10.2. The highest BCUT2D eigenvalue weighted by Crippen LogP contribution is 2.41. The standard InChI is InChI=1S/C8H14N6/c9-4-8(2-1-3-8)5-12-6(10)14-7(11)13-5/h1-4,9H2,(H4,10,11,12,13,14). The van der Waals surface area contributed by atoms with Crippen LogP contribution in [0.3, 0.4) is 0 Å². The van der Waals surface area contributed by atoms with Crippen molar-refractivity contribution < 1.29 is 0 Å². The number of aromatic nitrogens is 3. The van der Waals surface area contributed by atoms with Gasteiger partial charge in [-0.3, -0.25) is 0 Å². The highest BCUT2D eigenvalue weighted by molar-refractivity contribution is 5.29. The Hall–Kier alpha value is -1.43. The third-order valence-electron chi connectivity index (χ3n) is 2.85. The van der Waals surface area contributed by atoms with Crippen molar-refractivity contribution in [3.63, 3.8) is 0 Å². The first-order valence-electron chi connectivity index (χ1n) is 4.64. The van der Waals surface area contributed by atoms with E-state index in [0.29, 0.717) is 12.4 Å². The average molecular weight is 194 g/mol. The van der Waals surface area contributed by atoms with Crippen LogP contribution >= 0.6 is 0 Å². The first-order chi connectivity index (χ1) is 6.66. The summed E-state index contributed by atoms with van der Waals surface area (Å²) in [5.41, 5.74) is 16.6. The number of hydrogen-bond acceptors (Lipinski definition) is 6. The van der Waals surface area contributed by atoms with E-state index >= 15 is 0 Å². The molecule has 0 spiro atoms. The van der Waals surface area contributed by atoms with Crippen LogP contribution in [0.4, 0.5) is 11.9 Å². The van der Waals surface area contributed by atoms with Gasteiger partial charge >= 0.3 is 0 Å². The number of anilines is 2. The first kappa shape index (κ1) is 9.14. The fourth-order valence-corrected chi connectivity index (χ4v) is 1.77. The fraction of sp³-hybridized carbons (Fsp3) is 0.625. The van der Waals surface area contributed by atoms with Crippen molar-refractivity contribution in [2.24, 2.45) is 5.73 Å². The first-order valence-corrected chi connectivity index (χ1v) is 4.64. The Labute approximate surface area is 81.9 Å². The van der Waals surface area contributed by atoms with Crippen LogP contribution in [0.5, 0.6) is 0 Å². The minimum atomic E-state index is -0.106. The van der Waals surface area contributed by atoms with Crippen molar-refractivity contribution >= 4 is 11.9 Å². The Morgan fingerprint density at radius 2 is 1.64 bits per heavy atom. The van der Waals surface area contributed by atoms with E-state index in [2.05, 4.69) is 15.0 Å². The molecule has 1 aliphatic carbocycles. The lowest BCUT2D eigenvalue weighted by Gasteiger charge is -2.39. The molecule has 0 aromatic carbocycles. The quantitative estimate of drug-likeness (QED) is 0.579. The molecule has 76 valence electrons. The van der Waals surface area contributed by atoms with Crippen molar-refractivity contribution in [1.29, 1.82) is 0 Å². The van der Waals surface area contributed by atoms with Crippen LogP contribution in [0, 0.1) is 0 Å². The molecule has 1 aliphatic rings. The van der Waals surface area contributed by atoms with Crippen molar-refractivity contribution in [2.45, 2.75) is 24.7 Å². The second kappa shape index (κ2) is 3.06. The monoisotopic (exact) mass is 194 g/mol. The van der Waals surface area contributed by atoms with Crippen LogP contribution in [0.15, 0.2) is 0 Å². The van der Waals surface area contributed by atoms with Gasteiger partial charge in [0, 0.05) is 12.0 Å². The SMILES string of the molecule is NCC1(c2nc(N)nc(N)n2)CCC1. The molecule has 0 radical (unpaired) electrons. The number of nitrogen functional groups attached to an aromatic ring is 2. The second-order valence-electron chi connectivity index (χ2n) is 3.71. The number of nitrogens with two attached hydrogens (primary N) is 3. The van der Waals surface area contributed by atoms with Crippen LogP contribution in [0.2, 0.25) is 0 Å². The molecule has 0 aliphatic heterocycles. The molecule has 1 heterocycles. The molecule has 1 saturated carbocycles. The summed E-state index contributed by atoms with van der Waals surface area (Å²) < 4.78 is 0. The third-order valence-corrected chi connectivity index (χ3v) is 2.85. The van der Waals surface area contributed by atoms with Gasteiger partial charge in [0.05, 0.1) is 0 Å². The zero-order valence-electron chi connectivity index (χ0n) is 7.90. The molecule has 0 unspecified atom stereocenters. The maximum atomic E-state index is 5.72. The lowest BCUT2D eigenvalue weighted by atomic mass is 9.68. The molecule has 0 amide bonds. The van der Waals surface area contributed by atoms with Gasteiger partial charge in [0.15, 0.2) is 0 Å². The van der Waals surface area contributed by atoms with E-state index in [1.807, 2.05) is 0 Å². The molecule has 1 aromatic rings. The number of rotatable bonds is 2. The Morgan fingerprint density at radius 3 is 2.00 bits per heavy atom. The molecular weight excluding hydrogens is 180 g/mol. The minimum absolute atomic E-state index is 0.106. The Kier molecular flexibility index (Phi) is 1.99. The molecular formula is C8H14N6. The normalized spacial score (nSPS) is 18.9. The number of hydrogen-bond donors (Lipinski definition) is 3. The van der Waals surface area contributed by atoms with E-state index in [9.17, 15) is 0 Å². The van der Waals surface area contributed by atoms with Crippen molar-refractivity contribution in [3.05, 3.63) is 5.82 Å². The summed E-state index contributed by atoms with van der Waals surface area (Å²) in [7, 11) is 0. The van der Waals surface area contributed by atoms with Gasteiger partial charge in [-0.2, -0.15) is 15.0 Å². The lowest BCUT2D eigenvalue weighted by molar-refractivity contribution is 0.238. The average Bonchev–Trinajstić information content (AvgIpc) is 2.01. The summed E-state index contributed by atoms with van der Waals surface area (Å²) in [5.74, 6) is 0.996. The van der Waals surface area contributed by atoms with E-state index < -0.39 is 0 Å². The molecule has 6 nitrogen and oxygen atoms in total. The Balaban J connectivity index is 2.39. The van der Waals surface area contributed by atoms with Gasteiger partial charge in [0.2, 0.25) is 11.9 Å². The Morgan fingerprint density at radius 1 is 1.07 bits per heavy atom. The molecule has 0 atom stereocenters. The summed E-state index contributed by atoms with van der Waals surface area (Å²) >= 11 is 0. The predicted octanol–water partition coefficient (Wildman–Crippen LogP) is -0.584. The summed E-state index contributed by atoms with van der Waals surface area (Å²) in [5, 5.41) is 0. The second-order valence-corrected chi connectivity index (χ2v) is 3.71. The minimum Gasteiger partial charge on any atom is -0.368 e. The van der Waals surface area contributed by atoms with Crippen LogP contribution in [0.25, 0.3) is 0 Å². The van der Waals surface area contributed by atoms with Gasteiger partial charge in [-0.25, -0.2) is 0 Å². The maximum absolute atomic E-state index is 5.72. The largest absolute Gasteiger partial charge is 0.368 e. The lowest BCUT2D eigenvalue weighted by Crippen LogP contribution is -2.43. The molecule has 0 saturated heterocycles. The van der Waals surface area contributed by atoms with Gasteiger partial charge in [-0.1, -0.05) is 6.42 Å². The van der Waals surface area contributed by atoms with Crippen LogP contribution in [-0.4, -0.2) is 21.5 Å². The van der Waals surface area contributed by atoms with Gasteiger partial charge in [0.1, 0.15) is 5.82 Å². The predicted molar refractivity (Wildman–Crippen MR) is 53.2 cm³/mol. The molecule has 1 aromatic heterocycles. The van der Waals surface area contributed by atoms with E-state index in [-0.39, 0.29) is 17.3 Å². The summed E-state index contributed by atoms with van der Waals surface area (Å²) in [6, 6.07) is 0. The van der Waals surface area contributed by atoms with Gasteiger partial charge < -0.3 is 17.2 Å². The molecule has 0 bridgehead atoms. The molecule has 2 rings (SSSR count). The summed E-state index contributed by atoms with van der Waals surface area (Å²) in [4.78, 5) is 11.9. The van der Waals surface area contributed by atoms with Gasteiger partial charge in [-0.05, 0) is 12.8 Å². The van der Waals surface area contributed by atoms with Crippen molar-refractivity contribution in [1.82, 2.24) is 15.0 Å². The third kappa shape index (κ3) is 1.27. The van der Waals surface area contributed by atoms with E-state index in [0.717, 1.165) is 19.3 Å². The molecule has 1 fully saturated rings. The number of nitrogens with zero attached hydrogens (tertiary/aromatic N) is 3. The van der Waals surface area contributed by atoms with E-state index in [1.165, 1.54) is 0 Å². The van der Waals surface area contributed by atoms with E-state index in [4.69, 9.17) is 17.2 Å². The molecule has 6 N–H and O–H groups in total. The van der Waals surface area contributed by atoms with Gasteiger partial charge in [0.25, 0.3) is 0 Å². The van der Waals surface area contributed by atoms with E-state index in [1.54, 1.807) is 0 Å². The topological polar surface area (TPSA) is 117 Å². The summed E-state index contributed by atoms with van der Waals surface area (Å²) in [6.07, 6.45) is 3.17. The Bertz CT molecular complexity index is 320. The zero-order valence-corrected chi connectivity index (χ0v) is 7.90.